The fourth-order valence-electron chi connectivity index (χ4n) is 2.29. The van der Waals surface area contributed by atoms with E-state index < -0.39 is 12.0 Å². The molecule has 0 bridgehead atoms. The van der Waals surface area contributed by atoms with Gasteiger partial charge in [-0.05, 0) is 48.9 Å². The minimum atomic E-state index is -1.24. The van der Waals surface area contributed by atoms with Crippen molar-refractivity contribution in [2.24, 2.45) is 0 Å². The highest BCUT2D eigenvalue weighted by atomic mass is 16.5. The maximum absolute atomic E-state index is 11.6. The van der Waals surface area contributed by atoms with Gasteiger partial charge in [-0.25, -0.2) is 0 Å². The van der Waals surface area contributed by atoms with E-state index in [2.05, 4.69) is 10.6 Å². The van der Waals surface area contributed by atoms with Crippen molar-refractivity contribution in [1.29, 1.82) is 5.26 Å². The number of nitrogens with zero attached hydrogens (tertiary/aromatic N) is 1. The Morgan fingerprint density at radius 1 is 1.29 bits per heavy atom. The van der Waals surface area contributed by atoms with E-state index in [9.17, 15) is 9.90 Å². The van der Waals surface area contributed by atoms with Crippen LogP contribution in [0.3, 0.4) is 0 Å². The van der Waals surface area contributed by atoms with Gasteiger partial charge < -0.3 is 25.3 Å². The molecule has 124 valence electrons. The summed E-state index contributed by atoms with van der Waals surface area (Å²) in [6.07, 6.45) is 0. The first-order valence-electron chi connectivity index (χ1n) is 7.51. The van der Waals surface area contributed by atoms with Crippen LogP contribution in [0.25, 0.3) is 0 Å². The molecule has 1 atom stereocenters. The van der Waals surface area contributed by atoms with E-state index in [1.165, 1.54) is 0 Å². The van der Waals surface area contributed by atoms with E-state index in [-0.39, 0.29) is 0 Å². The van der Waals surface area contributed by atoms with Gasteiger partial charge in [-0.1, -0.05) is 6.07 Å². The quantitative estimate of drug-likeness (QED) is 0.807. The summed E-state index contributed by atoms with van der Waals surface area (Å²) in [6.45, 7) is 2.39. The standard InChI is InChI=1S/C18H19N3O3/c1-3-24-16-9-6-13(10-15(16)20-2)17(18(22)23)21-14-7-4-12(11-19)5-8-14/h4-10,17,20-21H,3H2,1-2H3,(H,22,23)/p-1. The summed E-state index contributed by atoms with van der Waals surface area (Å²) in [7, 11) is 1.74. The highest BCUT2D eigenvalue weighted by Gasteiger charge is 2.15. The van der Waals surface area contributed by atoms with Gasteiger partial charge in [0.1, 0.15) is 5.75 Å². The van der Waals surface area contributed by atoms with Gasteiger partial charge in [0.2, 0.25) is 0 Å². The number of benzene rings is 2. The number of anilines is 2. The third kappa shape index (κ3) is 3.96. The van der Waals surface area contributed by atoms with Crippen LogP contribution < -0.4 is 20.5 Å². The van der Waals surface area contributed by atoms with Crippen molar-refractivity contribution in [3.8, 4) is 11.8 Å². The van der Waals surface area contributed by atoms with Crippen molar-refractivity contribution >= 4 is 17.3 Å². The number of carboxylic acid groups (broad SMARTS) is 1. The first-order valence-corrected chi connectivity index (χ1v) is 7.51. The van der Waals surface area contributed by atoms with Crippen molar-refractivity contribution in [2.45, 2.75) is 13.0 Å². The number of hydrogen-bond donors (Lipinski definition) is 2. The van der Waals surface area contributed by atoms with E-state index in [0.717, 1.165) is 0 Å². The number of aliphatic carboxylic acids is 1. The van der Waals surface area contributed by atoms with Crippen molar-refractivity contribution in [3.63, 3.8) is 0 Å². The zero-order chi connectivity index (χ0) is 17.5. The molecule has 2 aromatic rings. The number of nitriles is 1. The number of carbonyl (C=O) groups excluding carboxylic acids is 1. The van der Waals surface area contributed by atoms with Gasteiger partial charge in [0.25, 0.3) is 0 Å². The third-order valence-corrected chi connectivity index (χ3v) is 3.47. The van der Waals surface area contributed by atoms with Gasteiger partial charge >= 0.3 is 0 Å². The first kappa shape index (κ1) is 17.2. The zero-order valence-corrected chi connectivity index (χ0v) is 13.5. The molecule has 0 spiro atoms. The first-order chi connectivity index (χ1) is 11.6. The molecule has 0 aromatic heterocycles. The SMILES string of the molecule is CCOc1ccc(C(Nc2ccc(C#N)cc2)C(=O)[O-])cc1NC. The van der Waals surface area contributed by atoms with Gasteiger partial charge in [0.05, 0.1) is 35.9 Å². The fourth-order valence-corrected chi connectivity index (χ4v) is 2.29. The molecule has 1 unspecified atom stereocenters. The molecule has 2 aromatic carbocycles. The maximum atomic E-state index is 11.6. The summed E-state index contributed by atoms with van der Waals surface area (Å²) in [4.78, 5) is 11.6. The number of nitrogens with one attached hydrogen (secondary N) is 2. The Morgan fingerprint density at radius 2 is 2.00 bits per heavy atom. The number of rotatable bonds is 7. The second-order valence-corrected chi connectivity index (χ2v) is 5.02. The molecule has 2 N–H and O–H groups in total. The smallest absolute Gasteiger partial charge is 0.142 e. The molecule has 0 heterocycles. The van der Waals surface area contributed by atoms with Crippen LogP contribution in [0.2, 0.25) is 0 Å². The number of ether oxygens (including phenoxy) is 1. The van der Waals surface area contributed by atoms with Crippen LogP contribution in [0, 0.1) is 11.3 Å². The Kier molecular flexibility index (Phi) is 5.63. The predicted octanol–water partition coefficient (Wildman–Crippen LogP) is 1.90. The molecule has 0 saturated heterocycles. The van der Waals surface area contributed by atoms with Gasteiger partial charge in [-0.15, -0.1) is 0 Å². The molecule has 0 saturated carbocycles. The average molecular weight is 324 g/mol. The Bertz CT molecular complexity index is 751. The van der Waals surface area contributed by atoms with E-state index in [0.29, 0.717) is 34.9 Å². The lowest BCUT2D eigenvalue weighted by molar-refractivity contribution is -0.307. The summed E-state index contributed by atoms with van der Waals surface area (Å²) in [5.74, 6) is -0.593. The van der Waals surface area contributed by atoms with Gasteiger partial charge in [-0.2, -0.15) is 5.26 Å². The Labute approximate surface area is 140 Å². The van der Waals surface area contributed by atoms with E-state index in [4.69, 9.17) is 10.00 Å². The molecule has 24 heavy (non-hydrogen) atoms. The molecule has 6 heteroatoms. The Morgan fingerprint density at radius 3 is 2.54 bits per heavy atom. The second-order valence-electron chi connectivity index (χ2n) is 5.02. The number of hydrogen-bond acceptors (Lipinski definition) is 6. The lowest BCUT2D eigenvalue weighted by Crippen LogP contribution is -2.34. The Balaban J connectivity index is 2.29. The van der Waals surface area contributed by atoms with Crippen LogP contribution in [0.15, 0.2) is 42.5 Å². The molecule has 0 aliphatic carbocycles. The van der Waals surface area contributed by atoms with E-state index in [1.807, 2.05) is 13.0 Å². The summed E-state index contributed by atoms with van der Waals surface area (Å²) >= 11 is 0. The zero-order valence-electron chi connectivity index (χ0n) is 13.5. The molecular weight excluding hydrogens is 306 g/mol. The molecular formula is C18H18N3O3-. The van der Waals surface area contributed by atoms with Crippen LogP contribution in [0.4, 0.5) is 11.4 Å². The number of carboxylic acids is 1. The maximum Gasteiger partial charge on any atom is 0.142 e. The lowest BCUT2D eigenvalue weighted by atomic mass is 10.0. The van der Waals surface area contributed by atoms with Crippen LogP contribution in [-0.4, -0.2) is 19.6 Å². The summed E-state index contributed by atoms with van der Waals surface area (Å²) < 4.78 is 5.49. The molecule has 0 aliphatic heterocycles. The van der Waals surface area contributed by atoms with Crippen molar-refractivity contribution < 1.29 is 14.6 Å². The summed E-state index contributed by atoms with van der Waals surface area (Å²) in [6, 6.07) is 12.7. The van der Waals surface area contributed by atoms with Gasteiger partial charge in [-0.3, -0.25) is 0 Å². The average Bonchev–Trinajstić information content (AvgIpc) is 2.60. The predicted molar refractivity (Wildman–Crippen MR) is 89.7 cm³/mol. The molecule has 0 aliphatic rings. The monoisotopic (exact) mass is 324 g/mol. The van der Waals surface area contributed by atoms with Crippen molar-refractivity contribution in [2.75, 3.05) is 24.3 Å². The van der Waals surface area contributed by atoms with Crippen molar-refractivity contribution in [1.82, 2.24) is 0 Å². The lowest BCUT2D eigenvalue weighted by Gasteiger charge is -2.23. The van der Waals surface area contributed by atoms with E-state index >= 15 is 0 Å². The highest BCUT2D eigenvalue weighted by Crippen LogP contribution is 2.29. The fraction of sp³-hybridized carbons (Fsp3) is 0.222. The minimum absolute atomic E-state index is 0.504. The van der Waals surface area contributed by atoms with Crippen molar-refractivity contribution in [3.05, 3.63) is 53.6 Å². The minimum Gasteiger partial charge on any atom is -0.548 e. The summed E-state index contributed by atoms with van der Waals surface area (Å²) in [5, 5.41) is 26.3. The van der Waals surface area contributed by atoms with Crippen LogP contribution in [0.1, 0.15) is 24.1 Å². The largest absolute Gasteiger partial charge is 0.548 e. The van der Waals surface area contributed by atoms with E-state index in [1.54, 1.807) is 49.5 Å². The van der Waals surface area contributed by atoms with Crippen LogP contribution in [-0.2, 0) is 4.79 Å². The normalized spacial score (nSPS) is 11.2. The molecule has 2 rings (SSSR count). The molecule has 0 fully saturated rings. The molecule has 0 radical (unpaired) electrons. The molecule has 6 nitrogen and oxygen atoms in total. The van der Waals surface area contributed by atoms with Crippen LogP contribution in [0.5, 0.6) is 5.75 Å². The third-order valence-electron chi connectivity index (χ3n) is 3.47. The number of carbonyl (C=O) groups is 1. The summed E-state index contributed by atoms with van der Waals surface area (Å²) in [5.41, 5.74) is 2.32. The van der Waals surface area contributed by atoms with Crippen LogP contribution >= 0.6 is 0 Å². The topological polar surface area (TPSA) is 97.2 Å². The highest BCUT2D eigenvalue weighted by molar-refractivity contribution is 5.78. The van der Waals surface area contributed by atoms with Gasteiger partial charge in [0, 0.05) is 12.7 Å². The molecule has 0 amide bonds. The Hall–Kier alpha value is -3.20. The van der Waals surface area contributed by atoms with Gasteiger partial charge in [0.15, 0.2) is 0 Å². The second kappa shape index (κ2) is 7.88.